The highest BCUT2D eigenvalue weighted by Gasteiger charge is 2.23. The smallest absolute Gasteiger partial charge is 0.336 e. The molecule has 4 amide bonds. The fraction of sp³-hybridized carbons (Fsp3) is 0.364. The van der Waals surface area contributed by atoms with E-state index >= 15 is 0 Å². The lowest BCUT2D eigenvalue weighted by Crippen LogP contribution is -2.48. The van der Waals surface area contributed by atoms with Crippen molar-refractivity contribution in [2.24, 2.45) is 9.98 Å². The quantitative estimate of drug-likeness (QED) is 0.636. The van der Waals surface area contributed by atoms with Gasteiger partial charge in [0.2, 0.25) is 5.91 Å². The second-order valence-electron chi connectivity index (χ2n) is 3.56. The third kappa shape index (κ3) is 4.02. The number of amides is 4. The molecule has 0 unspecified atom stereocenters. The van der Waals surface area contributed by atoms with E-state index in [1.165, 1.54) is 0 Å². The standard InChI is InChI=1S/C11H15N5O3/c1-4-7(17)14-9-10(18)15-8(6(3)13-9)16-11(19)12-5-2/h3-5H2,1-2H3,(H,13,14,17)(H2,12,15,16,18,19). The number of rotatable bonds is 2. The molecule has 0 aliphatic carbocycles. The Morgan fingerprint density at radius 3 is 2.68 bits per heavy atom. The van der Waals surface area contributed by atoms with Crippen LogP contribution >= 0.6 is 0 Å². The molecule has 1 rings (SSSR count). The van der Waals surface area contributed by atoms with Gasteiger partial charge < -0.3 is 16.0 Å². The van der Waals surface area contributed by atoms with Crippen molar-refractivity contribution in [3.8, 4) is 0 Å². The van der Waals surface area contributed by atoms with Gasteiger partial charge in [0.05, 0.1) is 0 Å². The van der Waals surface area contributed by atoms with Crippen molar-refractivity contribution < 1.29 is 14.4 Å². The van der Waals surface area contributed by atoms with Crippen molar-refractivity contribution in [1.82, 2.24) is 16.0 Å². The van der Waals surface area contributed by atoms with Gasteiger partial charge in [-0.05, 0) is 6.92 Å². The average Bonchev–Trinajstić information content (AvgIpc) is 2.35. The topological polar surface area (TPSA) is 112 Å². The first-order valence-electron chi connectivity index (χ1n) is 5.73. The van der Waals surface area contributed by atoms with Gasteiger partial charge in [-0.3, -0.25) is 9.59 Å². The van der Waals surface area contributed by atoms with Gasteiger partial charge in [-0.1, -0.05) is 13.5 Å². The van der Waals surface area contributed by atoms with Crippen LogP contribution < -0.4 is 16.0 Å². The van der Waals surface area contributed by atoms with Crippen molar-refractivity contribution in [3.05, 3.63) is 12.3 Å². The molecule has 0 saturated carbocycles. The van der Waals surface area contributed by atoms with Gasteiger partial charge in [0.25, 0.3) is 5.91 Å². The Hall–Kier alpha value is -2.51. The molecular formula is C11H15N5O3. The highest BCUT2D eigenvalue weighted by atomic mass is 16.2. The first-order chi connectivity index (χ1) is 8.97. The van der Waals surface area contributed by atoms with Gasteiger partial charge >= 0.3 is 6.03 Å². The zero-order valence-corrected chi connectivity index (χ0v) is 10.7. The van der Waals surface area contributed by atoms with Crippen molar-refractivity contribution in [1.29, 1.82) is 0 Å². The van der Waals surface area contributed by atoms with Crippen LogP contribution in [0.2, 0.25) is 0 Å². The maximum atomic E-state index is 11.6. The molecule has 19 heavy (non-hydrogen) atoms. The molecule has 0 saturated heterocycles. The van der Waals surface area contributed by atoms with Crippen LogP contribution in [-0.4, -0.2) is 36.1 Å². The van der Waals surface area contributed by atoms with Crippen LogP contribution in [0.25, 0.3) is 0 Å². The summed E-state index contributed by atoms with van der Waals surface area (Å²) in [4.78, 5) is 41.5. The predicted octanol–water partition coefficient (Wildman–Crippen LogP) is -0.317. The van der Waals surface area contributed by atoms with Crippen molar-refractivity contribution in [2.75, 3.05) is 6.54 Å². The van der Waals surface area contributed by atoms with Gasteiger partial charge in [-0.15, -0.1) is 0 Å². The second-order valence-corrected chi connectivity index (χ2v) is 3.56. The minimum atomic E-state index is -0.641. The molecule has 1 aliphatic rings. The number of carbonyl (C=O) groups is 3. The van der Waals surface area contributed by atoms with E-state index in [-0.39, 0.29) is 29.7 Å². The number of nitrogens with zero attached hydrogens (tertiary/aromatic N) is 2. The van der Waals surface area contributed by atoms with Crippen LogP contribution in [-0.2, 0) is 9.59 Å². The van der Waals surface area contributed by atoms with Gasteiger partial charge in [0.15, 0.2) is 11.7 Å². The molecule has 3 N–H and O–H groups in total. The van der Waals surface area contributed by atoms with E-state index in [1.54, 1.807) is 13.8 Å². The zero-order valence-electron chi connectivity index (χ0n) is 10.7. The van der Waals surface area contributed by atoms with Crippen molar-refractivity contribution in [3.63, 3.8) is 0 Å². The Morgan fingerprint density at radius 2 is 2.11 bits per heavy atom. The Bertz CT molecular complexity index is 493. The number of urea groups is 1. The molecule has 8 heteroatoms. The number of aliphatic imine (C=N–C) groups is 2. The molecule has 0 bridgehead atoms. The first kappa shape index (κ1) is 14.6. The number of hydrogen-bond acceptors (Lipinski definition) is 4. The summed E-state index contributed by atoms with van der Waals surface area (Å²) in [6.07, 6.45) is 0.221. The van der Waals surface area contributed by atoms with Gasteiger partial charge in [-0.2, -0.15) is 4.99 Å². The molecular weight excluding hydrogens is 250 g/mol. The fourth-order valence-corrected chi connectivity index (χ4v) is 1.17. The van der Waals surface area contributed by atoms with E-state index in [0.29, 0.717) is 6.54 Å². The summed E-state index contributed by atoms with van der Waals surface area (Å²) in [5, 5.41) is 7.11. The van der Waals surface area contributed by atoms with Crippen molar-refractivity contribution in [2.45, 2.75) is 20.3 Å². The molecule has 0 aromatic heterocycles. The molecule has 1 aliphatic heterocycles. The number of nitrogens with one attached hydrogen (secondary N) is 3. The van der Waals surface area contributed by atoms with E-state index in [0.717, 1.165) is 0 Å². The van der Waals surface area contributed by atoms with Crippen LogP contribution in [0.5, 0.6) is 0 Å². The second kappa shape index (κ2) is 6.43. The average molecular weight is 265 g/mol. The van der Waals surface area contributed by atoms with E-state index in [1.807, 2.05) is 0 Å². The summed E-state index contributed by atoms with van der Waals surface area (Å²) in [5.74, 6) is -1.18. The Morgan fingerprint density at radius 1 is 1.42 bits per heavy atom. The summed E-state index contributed by atoms with van der Waals surface area (Å²) in [6, 6.07) is -0.602. The minimum Gasteiger partial charge on any atom is -0.336 e. The van der Waals surface area contributed by atoms with Crippen LogP contribution in [0.1, 0.15) is 20.3 Å². The third-order valence-corrected chi connectivity index (χ3v) is 2.09. The van der Waals surface area contributed by atoms with E-state index in [2.05, 4.69) is 32.5 Å². The van der Waals surface area contributed by atoms with E-state index < -0.39 is 11.9 Å². The lowest BCUT2D eigenvalue weighted by Gasteiger charge is -2.16. The minimum absolute atomic E-state index is 0.0366. The zero-order chi connectivity index (χ0) is 14.4. The van der Waals surface area contributed by atoms with Crippen LogP contribution in [0.4, 0.5) is 4.79 Å². The molecule has 0 spiro atoms. The number of amidine groups is 2. The van der Waals surface area contributed by atoms with E-state index in [9.17, 15) is 14.4 Å². The lowest BCUT2D eigenvalue weighted by molar-refractivity contribution is -0.120. The largest absolute Gasteiger partial charge is 0.342 e. The summed E-state index contributed by atoms with van der Waals surface area (Å²) >= 11 is 0. The monoisotopic (exact) mass is 265 g/mol. The predicted molar refractivity (Wildman–Crippen MR) is 69.7 cm³/mol. The summed E-state index contributed by atoms with van der Waals surface area (Å²) < 4.78 is 0. The molecule has 0 radical (unpaired) electrons. The lowest BCUT2D eigenvalue weighted by atomic mass is 10.3. The number of carbonyl (C=O) groups excluding carboxylic acids is 3. The number of hydrogen-bond donors (Lipinski definition) is 3. The molecule has 1 heterocycles. The van der Waals surface area contributed by atoms with Crippen LogP contribution in [0.15, 0.2) is 22.3 Å². The van der Waals surface area contributed by atoms with Gasteiger partial charge in [0, 0.05) is 13.0 Å². The SMILES string of the molecule is C=C1N=C(NC(=O)CC)C(=O)NC1=NC(=O)NCC. The van der Waals surface area contributed by atoms with Gasteiger partial charge in [0.1, 0.15) is 5.70 Å². The molecule has 8 nitrogen and oxygen atoms in total. The summed E-state index contributed by atoms with van der Waals surface area (Å²) in [7, 11) is 0. The highest BCUT2D eigenvalue weighted by molar-refractivity contribution is 6.45. The van der Waals surface area contributed by atoms with E-state index in [4.69, 9.17) is 0 Å². The molecule has 0 atom stereocenters. The maximum Gasteiger partial charge on any atom is 0.342 e. The molecule has 0 aromatic carbocycles. The molecule has 0 fully saturated rings. The fourth-order valence-electron chi connectivity index (χ4n) is 1.17. The molecule has 102 valence electrons. The van der Waals surface area contributed by atoms with Crippen LogP contribution in [0, 0.1) is 0 Å². The van der Waals surface area contributed by atoms with Crippen molar-refractivity contribution >= 4 is 29.5 Å². The maximum absolute atomic E-state index is 11.6. The Kier molecular flexibility index (Phi) is 4.92. The van der Waals surface area contributed by atoms with Gasteiger partial charge in [-0.25, -0.2) is 9.79 Å². The Labute approximate surface area is 110 Å². The summed E-state index contributed by atoms with van der Waals surface area (Å²) in [6.45, 7) is 7.36. The third-order valence-electron chi connectivity index (χ3n) is 2.09. The first-order valence-corrected chi connectivity index (χ1v) is 5.73. The highest BCUT2D eigenvalue weighted by Crippen LogP contribution is 2.02. The summed E-state index contributed by atoms with van der Waals surface area (Å²) in [5.41, 5.74) is 0.0947. The Balaban J connectivity index is 2.86. The van der Waals surface area contributed by atoms with Crippen LogP contribution in [0.3, 0.4) is 0 Å². The normalized spacial score (nSPS) is 16.7. The molecule has 0 aromatic rings.